The number of nitrogens with one attached hydrogen (secondary N) is 1. The van der Waals surface area contributed by atoms with E-state index in [1.165, 1.54) is 0 Å². The number of carbonyl (C=O) groups excluding carboxylic acids is 1. The predicted octanol–water partition coefficient (Wildman–Crippen LogP) is 2.88. The Balaban J connectivity index is 1.86. The van der Waals surface area contributed by atoms with Crippen LogP contribution < -0.4 is 15.1 Å². The molecule has 0 aliphatic carbocycles. The standard InChI is InChI=1S/C16H18N4O/c1-12-6-3-4-7-13(12)18-16(21)20-11-10-19(2)15-14(20)8-5-9-17-15/h3-9H,10-11H2,1-2H3,(H,18,21). The summed E-state index contributed by atoms with van der Waals surface area (Å²) in [6, 6.07) is 11.4. The quantitative estimate of drug-likeness (QED) is 0.875. The molecular formula is C16H18N4O. The highest BCUT2D eigenvalue weighted by atomic mass is 16.2. The lowest BCUT2D eigenvalue weighted by atomic mass is 10.2. The third-order valence-corrected chi connectivity index (χ3v) is 3.71. The van der Waals surface area contributed by atoms with Gasteiger partial charge in [0.25, 0.3) is 0 Å². The van der Waals surface area contributed by atoms with Crippen LogP contribution in [0.1, 0.15) is 5.56 Å². The van der Waals surface area contributed by atoms with Crippen molar-refractivity contribution in [3.8, 4) is 0 Å². The topological polar surface area (TPSA) is 48.5 Å². The molecule has 1 aromatic heterocycles. The molecule has 1 aliphatic rings. The highest BCUT2D eigenvalue weighted by molar-refractivity contribution is 6.04. The van der Waals surface area contributed by atoms with Gasteiger partial charge < -0.3 is 10.2 Å². The second-order valence-corrected chi connectivity index (χ2v) is 5.16. The van der Waals surface area contributed by atoms with Crippen molar-refractivity contribution in [2.75, 3.05) is 35.3 Å². The molecule has 108 valence electrons. The first-order valence-corrected chi connectivity index (χ1v) is 6.97. The SMILES string of the molecule is Cc1ccccc1NC(=O)N1CCN(C)c2ncccc21. The number of aromatic nitrogens is 1. The number of benzene rings is 1. The molecule has 0 saturated heterocycles. The predicted molar refractivity (Wildman–Crippen MR) is 85.1 cm³/mol. The molecule has 1 aliphatic heterocycles. The van der Waals surface area contributed by atoms with E-state index in [4.69, 9.17) is 0 Å². The maximum atomic E-state index is 12.6. The Hall–Kier alpha value is -2.56. The van der Waals surface area contributed by atoms with Gasteiger partial charge in [-0.15, -0.1) is 0 Å². The Morgan fingerprint density at radius 3 is 2.81 bits per heavy atom. The summed E-state index contributed by atoms with van der Waals surface area (Å²) in [5.74, 6) is 0.837. The summed E-state index contributed by atoms with van der Waals surface area (Å²) < 4.78 is 0. The van der Waals surface area contributed by atoms with Crippen molar-refractivity contribution < 1.29 is 4.79 Å². The fraction of sp³-hybridized carbons (Fsp3) is 0.250. The first kappa shape index (κ1) is 13.4. The zero-order valence-corrected chi connectivity index (χ0v) is 12.2. The van der Waals surface area contributed by atoms with Crippen LogP contribution in [0.25, 0.3) is 0 Å². The Morgan fingerprint density at radius 2 is 2.00 bits per heavy atom. The minimum Gasteiger partial charge on any atom is -0.356 e. The fourth-order valence-corrected chi connectivity index (χ4v) is 2.48. The summed E-state index contributed by atoms with van der Waals surface area (Å²) in [5.41, 5.74) is 2.73. The van der Waals surface area contributed by atoms with E-state index < -0.39 is 0 Å². The van der Waals surface area contributed by atoms with Gasteiger partial charge in [-0.3, -0.25) is 4.90 Å². The number of fused-ring (bicyclic) bond motifs is 1. The Bertz CT molecular complexity index is 671. The molecule has 1 aromatic carbocycles. The monoisotopic (exact) mass is 282 g/mol. The number of amides is 2. The molecule has 0 saturated carbocycles. The molecule has 0 spiro atoms. The minimum absolute atomic E-state index is 0.119. The van der Waals surface area contributed by atoms with E-state index in [1.807, 2.05) is 50.4 Å². The molecule has 5 heteroatoms. The molecular weight excluding hydrogens is 264 g/mol. The lowest BCUT2D eigenvalue weighted by Gasteiger charge is -2.34. The van der Waals surface area contributed by atoms with Gasteiger partial charge in [0.05, 0.1) is 5.69 Å². The maximum absolute atomic E-state index is 12.6. The number of para-hydroxylation sites is 1. The van der Waals surface area contributed by atoms with Gasteiger partial charge in [-0.2, -0.15) is 0 Å². The van der Waals surface area contributed by atoms with E-state index in [0.717, 1.165) is 29.3 Å². The second-order valence-electron chi connectivity index (χ2n) is 5.16. The van der Waals surface area contributed by atoms with Crippen molar-refractivity contribution in [3.63, 3.8) is 0 Å². The lowest BCUT2D eigenvalue weighted by Crippen LogP contribution is -2.45. The molecule has 2 amide bonds. The summed E-state index contributed by atoms with van der Waals surface area (Å²) >= 11 is 0. The number of anilines is 3. The molecule has 0 bridgehead atoms. The lowest BCUT2D eigenvalue weighted by molar-refractivity contribution is 0.257. The summed E-state index contributed by atoms with van der Waals surface area (Å²) in [6.07, 6.45) is 1.75. The zero-order valence-electron chi connectivity index (χ0n) is 12.2. The Kier molecular flexibility index (Phi) is 3.48. The number of aryl methyl sites for hydroxylation is 1. The normalized spacial score (nSPS) is 13.8. The van der Waals surface area contributed by atoms with Crippen LogP contribution in [-0.4, -0.2) is 31.2 Å². The van der Waals surface area contributed by atoms with Crippen molar-refractivity contribution in [2.24, 2.45) is 0 Å². The molecule has 2 aromatic rings. The van der Waals surface area contributed by atoms with Gasteiger partial charge in [-0.05, 0) is 30.7 Å². The van der Waals surface area contributed by atoms with E-state index in [1.54, 1.807) is 11.1 Å². The third kappa shape index (κ3) is 2.54. The van der Waals surface area contributed by atoms with E-state index >= 15 is 0 Å². The average Bonchev–Trinajstić information content (AvgIpc) is 2.50. The van der Waals surface area contributed by atoms with E-state index in [-0.39, 0.29) is 6.03 Å². The number of likely N-dealkylation sites (N-methyl/N-ethyl adjacent to an activating group) is 1. The molecule has 21 heavy (non-hydrogen) atoms. The van der Waals surface area contributed by atoms with Crippen molar-refractivity contribution in [1.82, 2.24) is 4.98 Å². The van der Waals surface area contributed by atoms with Crippen LogP contribution in [-0.2, 0) is 0 Å². The Labute approximate surface area is 124 Å². The number of rotatable bonds is 1. The summed E-state index contributed by atoms with van der Waals surface area (Å²) in [6.45, 7) is 3.40. The van der Waals surface area contributed by atoms with Gasteiger partial charge in [0.1, 0.15) is 0 Å². The first-order chi connectivity index (χ1) is 10.2. The van der Waals surface area contributed by atoms with Gasteiger partial charge in [-0.25, -0.2) is 9.78 Å². The van der Waals surface area contributed by atoms with Crippen molar-refractivity contribution in [2.45, 2.75) is 6.92 Å². The molecule has 0 atom stereocenters. The van der Waals surface area contributed by atoms with Crippen LogP contribution in [0.3, 0.4) is 0 Å². The largest absolute Gasteiger partial charge is 0.356 e. The molecule has 0 unspecified atom stereocenters. The molecule has 0 fully saturated rings. The highest BCUT2D eigenvalue weighted by Crippen LogP contribution is 2.30. The van der Waals surface area contributed by atoms with Gasteiger partial charge >= 0.3 is 6.03 Å². The highest BCUT2D eigenvalue weighted by Gasteiger charge is 2.26. The van der Waals surface area contributed by atoms with Crippen molar-refractivity contribution in [3.05, 3.63) is 48.2 Å². The fourth-order valence-electron chi connectivity index (χ4n) is 2.48. The molecule has 0 radical (unpaired) electrons. The van der Waals surface area contributed by atoms with Crippen LogP contribution in [0.5, 0.6) is 0 Å². The summed E-state index contributed by atoms with van der Waals surface area (Å²) in [7, 11) is 1.99. The van der Waals surface area contributed by atoms with Gasteiger partial charge in [-0.1, -0.05) is 18.2 Å². The summed E-state index contributed by atoms with van der Waals surface area (Å²) in [5, 5.41) is 2.98. The number of hydrogen-bond donors (Lipinski definition) is 1. The van der Waals surface area contributed by atoms with Crippen molar-refractivity contribution in [1.29, 1.82) is 0 Å². The smallest absolute Gasteiger partial charge is 0.326 e. The third-order valence-electron chi connectivity index (χ3n) is 3.71. The first-order valence-electron chi connectivity index (χ1n) is 6.97. The van der Waals surface area contributed by atoms with E-state index in [2.05, 4.69) is 15.2 Å². The number of hydrogen-bond acceptors (Lipinski definition) is 3. The van der Waals surface area contributed by atoms with Crippen LogP contribution in [0.15, 0.2) is 42.6 Å². The van der Waals surface area contributed by atoms with Crippen LogP contribution >= 0.6 is 0 Å². The van der Waals surface area contributed by atoms with Crippen molar-refractivity contribution >= 4 is 23.2 Å². The Morgan fingerprint density at radius 1 is 1.19 bits per heavy atom. The van der Waals surface area contributed by atoms with E-state index in [9.17, 15) is 4.79 Å². The summed E-state index contributed by atoms with van der Waals surface area (Å²) in [4.78, 5) is 20.7. The molecule has 1 N–H and O–H groups in total. The number of urea groups is 1. The van der Waals surface area contributed by atoms with Crippen LogP contribution in [0, 0.1) is 6.92 Å². The van der Waals surface area contributed by atoms with Crippen LogP contribution in [0.2, 0.25) is 0 Å². The maximum Gasteiger partial charge on any atom is 0.326 e. The number of pyridine rings is 1. The van der Waals surface area contributed by atoms with Gasteiger partial charge in [0.15, 0.2) is 5.82 Å². The minimum atomic E-state index is -0.119. The van der Waals surface area contributed by atoms with E-state index in [0.29, 0.717) is 6.54 Å². The second kappa shape index (κ2) is 5.44. The average molecular weight is 282 g/mol. The van der Waals surface area contributed by atoms with Gasteiger partial charge in [0, 0.05) is 32.0 Å². The number of nitrogens with zero attached hydrogens (tertiary/aromatic N) is 3. The van der Waals surface area contributed by atoms with Gasteiger partial charge in [0.2, 0.25) is 0 Å². The zero-order chi connectivity index (χ0) is 14.8. The van der Waals surface area contributed by atoms with Crippen LogP contribution in [0.4, 0.5) is 22.0 Å². The molecule has 5 nitrogen and oxygen atoms in total. The number of carbonyl (C=O) groups is 1. The molecule has 2 heterocycles. The molecule has 3 rings (SSSR count).